The molecule has 0 bridgehead atoms. The van der Waals surface area contributed by atoms with Crippen molar-refractivity contribution in [3.63, 3.8) is 0 Å². The van der Waals surface area contributed by atoms with Crippen molar-refractivity contribution in [1.82, 2.24) is 9.55 Å². The van der Waals surface area contributed by atoms with Crippen LogP contribution in [0.5, 0.6) is 0 Å². The quantitative estimate of drug-likeness (QED) is 0.919. The SMILES string of the molecule is Cc1nc(S(N)(=O)=O)cn1Cc1ccc(Br)cc1F. The van der Waals surface area contributed by atoms with E-state index in [-0.39, 0.29) is 17.4 Å². The van der Waals surface area contributed by atoms with E-state index in [0.29, 0.717) is 15.9 Å². The molecule has 2 N–H and O–H groups in total. The number of benzene rings is 1. The van der Waals surface area contributed by atoms with Crippen LogP contribution in [0.4, 0.5) is 4.39 Å². The van der Waals surface area contributed by atoms with Crippen molar-refractivity contribution in [1.29, 1.82) is 0 Å². The predicted molar refractivity (Wildman–Crippen MR) is 71.5 cm³/mol. The minimum Gasteiger partial charge on any atom is -0.329 e. The van der Waals surface area contributed by atoms with Crippen LogP contribution >= 0.6 is 15.9 Å². The molecule has 1 heterocycles. The Bertz CT molecular complexity index is 728. The van der Waals surface area contributed by atoms with Crippen molar-refractivity contribution in [2.45, 2.75) is 18.5 Å². The summed E-state index contributed by atoms with van der Waals surface area (Å²) in [6.07, 6.45) is 1.30. The molecular formula is C11H11BrFN3O2S. The van der Waals surface area contributed by atoms with Gasteiger partial charge in [0.15, 0.2) is 5.03 Å². The normalized spacial score (nSPS) is 11.8. The molecule has 19 heavy (non-hydrogen) atoms. The van der Waals surface area contributed by atoms with Crippen LogP contribution in [-0.2, 0) is 16.6 Å². The van der Waals surface area contributed by atoms with E-state index in [1.807, 2.05) is 0 Å². The maximum absolute atomic E-state index is 13.7. The second kappa shape index (κ2) is 5.03. The van der Waals surface area contributed by atoms with Gasteiger partial charge in [0.05, 0.1) is 6.54 Å². The minimum absolute atomic E-state index is 0.188. The van der Waals surface area contributed by atoms with Crippen molar-refractivity contribution in [2.24, 2.45) is 5.14 Å². The predicted octanol–water partition coefficient (Wildman–Crippen LogP) is 1.79. The summed E-state index contributed by atoms with van der Waals surface area (Å²) >= 11 is 3.17. The lowest BCUT2D eigenvalue weighted by Crippen LogP contribution is -2.12. The van der Waals surface area contributed by atoms with Gasteiger partial charge in [-0.15, -0.1) is 0 Å². The third-order valence-corrected chi connectivity index (χ3v) is 3.87. The van der Waals surface area contributed by atoms with E-state index < -0.39 is 10.0 Å². The number of hydrogen-bond acceptors (Lipinski definition) is 3. The first kappa shape index (κ1) is 14.2. The standard InChI is InChI=1S/C11H11BrFN3O2S/c1-7-15-11(19(14,17)18)6-16(7)5-8-2-3-9(12)4-10(8)13/h2-4,6H,5H2,1H3,(H2,14,17,18). The fourth-order valence-corrected chi connectivity index (χ4v) is 2.48. The van der Waals surface area contributed by atoms with E-state index in [2.05, 4.69) is 20.9 Å². The van der Waals surface area contributed by atoms with Gasteiger partial charge < -0.3 is 4.57 Å². The van der Waals surface area contributed by atoms with Crippen molar-refractivity contribution < 1.29 is 12.8 Å². The number of nitrogens with zero attached hydrogens (tertiary/aromatic N) is 2. The van der Waals surface area contributed by atoms with Gasteiger partial charge in [0.25, 0.3) is 10.0 Å². The summed E-state index contributed by atoms with van der Waals surface area (Å²) in [7, 11) is -3.85. The van der Waals surface area contributed by atoms with E-state index in [9.17, 15) is 12.8 Å². The molecule has 0 fully saturated rings. The summed E-state index contributed by atoms with van der Waals surface area (Å²) < 4.78 is 38.2. The molecule has 0 unspecified atom stereocenters. The van der Waals surface area contributed by atoms with Gasteiger partial charge in [-0.25, -0.2) is 22.9 Å². The molecule has 2 rings (SSSR count). The number of hydrogen-bond donors (Lipinski definition) is 1. The van der Waals surface area contributed by atoms with Crippen LogP contribution in [0.15, 0.2) is 33.9 Å². The number of sulfonamides is 1. The van der Waals surface area contributed by atoms with E-state index in [4.69, 9.17) is 5.14 Å². The summed E-state index contributed by atoms with van der Waals surface area (Å²) in [6, 6.07) is 4.68. The second-order valence-corrected chi connectivity index (χ2v) is 6.46. The van der Waals surface area contributed by atoms with E-state index in [0.717, 1.165) is 0 Å². The first-order valence-electron chi connectivity index (χ1n) is 5.28. The van der Waals surface area contributed by atoms with Gasteiger partial charge in [0.2, 0.25) is 0 Å². The Hall–Kier alpha value is -1.25. The lowest BCUT2D eigenvalue weighted by atomic mass is 10.2. The molecule has 0 atom stereocenters. The van der Waals surface area contributed by atoms with Crippen LogP contribution in [0.2, 0.25) is 0 Å². The number of aromatic nitrogens is 2. The lowest BCUT2D eigenvalue weighted by Gasteiger charge is -2.06. The Morgan fingerprint density at radius 3 is 2.68 bits per heavy atom. The van der Waals surface area contributed by atoms with Crippen molar-refractivity contribution in [2.75, 3.05) is 0 Å². The number of halogens is 2. The average molecular weight is 348 g/mol. The van der Waals surface area contributed by atoms with Crippen LogP contribution < -0.4 is 5.14 Å². The summed E-state index contributed by atoms with van der Waals surface area (Å²) in [6.45, 7) is 1.82. The molecule has 2 aromatic rings. The van der Waals surface area contributed by atoms with E-state index >= 15 is 0 Å². The Labute approximate surface area is 118 Å². The van der Waals surface area contributed by atoms with Crippen molar-refractivity contribution in [3.05, 3.63) is 46.1 Å². The lowest BCUT2D eigenvalue weighted by molar-refractivity contribution is 0.593. The Morgan fingerprint density at radius 2 is 2.16 bits per heavy atom. The maximum Gasteiger partial charge on any atom is 0.257 e. The molecule has 0 radical (unpaired) electrons. The van der Waals surface area contributed by atoms with Crippen LogP contribution in [0.3, 0.4) is 0 Å². The molecule has 1 aromatic carbocycles. The highest BCUT2D eigenvalue weighted by molar-refractivity contribution is 9.10. The third kappa shape index (κ3) is 3.20. The third-order valence-electron chi connectivity index (χ3n) is 2.60. The van der Waals surface area contributed by atoms with Crippen molar-refractivity contribution in [3.8, 4) is 0 Å². The zero-order chi connectivity index (χ0) is 14.2. The van der Waals surface area contributed by atoms with Crippen LogP contribution in [0, 0.1) is 12.7 Å². The smallest absolute Gasteiger partial charge is 0.257 e. The van der Waals surface area contributed by atoms with Gasteiger partial charge >= 0.3 is 0 Å². The number of nitrogens with two attached hydrogens (primary N) is 1. The minimum atomic E-state index is -3.85. The zero-order valence-corrected chi connectivity index (χ0v) is 12.4. The first-order valence-corrected chi connectivity index (χ1v) is 7.62. The fraction of sp³-hybridized carbons (Fsp3) is 0.182. The van der Waals surface area contributed by atoms with E-state index in [1.54, 1.807) is 19.1 Å². The number of rotatable bonds is 3. The molecule has 1 aromatic heterocycles. The Morgan fingerprint density at radius 1 is 1.47 bits per heavy atom. The van der Waals surface area contributed by atoms with Gasteiger partial charge in [-0.3, -0.25) is 0 Å². The van der Waals surface area contributed by atoms with Gasteiger partial charge in [-0.1, -0.05) is 22.0 Å². The Kier molecular flexibility index (Phi) is 3.75. The first-order chi connectivity index (χ1) is 8.77. The molecule has 0 aliphatic heterocycles. The Balaban J connectivity index is 2.36. The van der Waals surface area contributed by atoms with Gasteiger partial charge in [0.1, 0.15) is 11.6 Å². The van der Waals surface area contributed by atoms with E-state index in [1.165, 1.54) is 16.8 Å². The highest BCUT2D eigenvalue weighted by Crippen LogP contribution is 2.17. The molecule has 0 saturated heterocycles. The highest BCUT2D eigenvalue weighted by Gasteiger charge is 2.15. The average Bonchev–Trinajstić information content (AvgIpc) is 2.64. The maximum atomic E-state index is 13.7. The number of imidazole rings is 1. The number of primary sulfonamides is 1. The molecule has 0 saturated carbocycles. The largest absolute Gasteiger partial charge is 0.329 e. The van der Waals surface area contributed by atoms with Gasteiger partial charge in [0, 0.05) is 16.2 Å². The molecule has 0 amide bonds. The molecule has 8 heteroatoms. The fourth-order valence-electron chi connectivity index (χ4n) is 1.61. The summed E-state index contributed by atoms with van der Waals surface area (Å²) in [5, 5.41) is 4.78. The van der Waals surface area contributed by atoms with Crippen molar-refractivity contribution >= 4 is 26.0 Å². The van der Waals surface area contributed by atoms with Crippen LogP contribution in [0.1, 0.15) is 11.4 Å². The summed E-state index contributed by atoms with van der Waals surface area (Å²) in [4.78, 5) is 3.84. The summed E-state index contributed by atoms with van der Waals surface area (Å²) in [5.74, 6) is 0.0750. The highest BCUT2D eigenvalue weighted by atomic mass is 79.9. The molecule has 102 valence electrons. The monoisotopic (exact) mass is 347 g/mol. The molecule has 0 aliphatic carbocycles. The van der Waals surface area contributed by atoms with Crippen LogP contribution in [0.25, 0.3) is 0 Å². The molecule has 5 nitrogen and oxygen atoms in total. The second-order valence-electron chi connectivity index (χ2n) is 4.03. The number of aryl methyl sites for hydroxylation is 1. The molecule has 0 aliphatic rings. The molecule has 0 spiro atoms. The zero-order valence-electron chi connectivity index (χ0n) is 9.97. The topological polar surface area (TPSA) is 78.0 Å². The van der Waals surface area contributed by atoms with Gasteiger partial charge in [-0.2, -0.15) is 0 Å². The van der Waals surface area contributed by atoms with Crippen LogP contribution in [-0.4, -0.2) is 18.0 Å². The summed E-state index contributed by atoms with van der Waals surface area (Å²) in [5.41, 5.74) is 0.435. The molecular weight excluding hydrogens is 337 g/mol. The van der Waals surface area contributed by atoms with Gasteiger partial charge in [-0.05, 0) is 19.1 Å².